The van der Waals surface area contributed by atoms with Crippen LogP contribution in [0.15, 0.2) is 0 Å². The van der Waals surface area contributed by atoms with Crippen LogP contribution in [0.4, 0.5) is 0 Å². The number of hydrogen-bond acceptors (Lipinski definition) is 4. The third-order valence-electron chi connectivity index (χ3n) is 3.91. The summed E-state index contributed by atoms with van der Waals surface area (Å²) in [5.74, 6) is 1.39. The van der Waals surface area contributed by atoms with Crippen LogP contribution in [0.25, 0.3) is 0 Å². The molecule has 126 valence electrons. The summed E-state index contributed by atoms with van der Waals surface area (Å²) < 4.78 is 22.5. The second-order valence-corrected chi connectivity index (χ2v) is 10.1. The second kappa shape index (κ2) is 8.46. The van der Waals surface area contributed by atoms with Gasteiger partial charge in [0.05, 0.1) is 0 Å². The van der Waals surface area contributed by atoms with Gasteiger partial charge in [-0.25, -0.2) is 0 Å². The van der Waals surface area contributed by atoms with Crippen molar-refractivity contribution in [3.05, 3.63) is 0 Å². The van der Waals surface area contributed by atoms with E-state index in [1.165, 1.54) is 0 Å². The molecule has 0 amide bonds. The molecular formula is C11H25NO6P2S. The predicted octanol–water partition coefficient (Wildman–Crippen LogP) is 1.53. The lowest BCUT2D eigenvalue weighted by Crippen LogP contribution is -2.40. The Morgan fingerprint density at radius 1 is 1.10 bits per heavy atom. The molecule has 0 aliphatic carbocycles. The molecule has 5 N–H and O–H groups in total. The lowest BCUT2D eigenvalue weighted by Gasteiger charge is -2.32. The summed E-state index contributed by atoms with van der Waals surface area (Å²) in [5.41, 5.74) is 0. The van der Waals surface area contributed by atoms with E-state index in [0.29, 0.717) is 12.3 Å². The fraction of sp³-hybridized carbons (Fsp3) is 1.00. The van der Waals surface area contributed by atoms with Crippen molar-refractivity contribution in [1.82, 2.24) is 5.32 Å². The maximum atomic E-state index is 11.3. The van der Waals surface area contributed by atoms with Gasteiger partial charge in [-0.1, -0.05) is 6.42 Å². The molecule has 10 heteroatoms. The first-order valence-electron chi connectivity index (χ1n) is 7.09. The van der Waals surface area contributed by atoms with Crippen LogP contribution in [0.5, 0.6) is 0 Å². The average molecular weight is 361 g/mol. The van der Waals surface area contributed by atoms with Gasteiger partial charge in [0.25, 0.3) is 0 Å². The molecule has 0 spiro atoms. The Labute approximate surface area is 130 Å². The maximum absolute atomic E-state index is 11.3. The smallest absolute Gasteiger partial charge is 0.324 e. The van der Waals surface area contributed by atoms with Gasteiger partial charge in [0.15, 0.2) is 5.40 Å². The van der Waals surface area contributed by atoms with Gasteiger partial charge in [-0.2, -0.15) is 12.6 Å². The summed E-state index contributed by atoms with van der Waals surface area (Å²) in [6, 6.07) is -0.253. The molecule has 0 bridgehead atoms. The van der Waals surface area contributed by atoms with E-state index in [4.69, 9.17) is 19.6 Å². The molecule has 2 atom stereocenters. The van der Waals surface area contributed by atoms with Gasteiger partial charge in [0.2, 0.25) is 0 Å². The van der Waals surface area contributed by atoms with Gasteiger partial charge >= 0.3 is 15.2 Å². The van der Waals surface area contributed by atoms with E-state index in [9.17, 15) is 9.13 Å². The van der Waals surface area contributed by atoms with Gasteiger partial charge in [-0.15, -0.1) is 0 Å². The molecule has 0 aromatic heterocycles. The molecule has 21 heavy (non-hydrogen) atoms. The third kappa shape index (κ3) is 7.14. The molecule has 1 heterocycles. The summed E-state index contributed by atoms with van der Waals surface area (Å²) in [6.45, 7) is 0.728. The number of hydrogen-bond donors (Lipinski definition) is 6. The van der Waals surface area contributed by atoms with Crippen LogP contribution in [-0.4, -0.2) is 43.3 Å². The Balaban J connectivity index is 2.47. The van der Waals surface area contributed by atoms with Gasteiger partial charge in [0.1, 0.15) is 0 Å². The van der Waals surface area contributed by atoms with Crippen molar-refractivity contribution in [1.29, 1.82) is 0 Å². The largest absolute Gasteiger partial charge is 0.340 e. The number of piperidine rings is 1. The zero-order chi connectivity index (χ0) is 16.1. The fourth-order valence-electron chi connectivity index (χ4n) is 2.69. The van der Waals surface area contributed by atoms with Crippen LogP contribution in [0.1, 0.15) is 38.5 Å². The summed E-state index contributed by atoms with van der Waals surface area (Å²) >= 11 is 4.16. The Morgan fingerprint density at radius 2 is 1.71 bits per heavy atom. The minimum Gasteiger partial charge on any atom is -0.324 e. The standard InChI is InChI=1S/C11H25NO6P2S/c13-19(14,15)11(20(16,17)18)7-10-5-4-9(8-12-10)3-1-2-6-21/h9-12,21H,1-8H2,(H2,13,14,15)(H2,16,17,18). The van der Waals surface area contributed by atoms with Crippen molar-refractivity contribution < 1.29 is 28.7 Å². The molecule has 1 saturated heterocycles. The van der Waals surface area contributed by atoms with E-state index in [1.807, 2.05) is 0 Å². The summed E-state index contributed by atoms with van der Waals surface area (Å²) in [6.07, 6.45) is 4.66. The Morgan fingerprint density at radius 3 is 2.14 bits per heavy atom. The zero-order valence-corrected chi connectivity index (χ0v) is 14.5. The fourth-order valence-corrected chi connectivity index (χ4v) is 5.54. The Bertz CT molecular complexity index is 382. The van der Waals surface area contributed by atoms with Crippen LogP contribution >= 0.6 is 27.8 Å². The molecule has 7 nitrogen and oxygen atoms in total. The predicted molar refractivity (Wildman–Crippen MR) is 84.7 cm³/mol. The van der Waals surface area contributed by atoms with Crippen molar-refractivity contribution in [2.75, 3.05) is 12.3 Å². The lowest BCUT2D eigenvalue weighted by molar-refractivity contribution is 0.273. The molecule has 0 radical (unpaired) electrons. The maximum Gasteiger partial charge on any atom is 0.340 e. The van der Waals surface area contributed by atoms with Crippen LogP contribution in [0.2, 0.25) is 0 Å². The van der Waals surface area contributed by atoms with Crippen LogP contribution < -0.4 is 5.32 Å². The third-order valence-corrected chi connectivity index (χ3v) is 8.01. The van der Waals surface area contributed by atoms with E-state index in [-0.39, 0.29) is 12.5 Å². The molecule has 1 rings (SSSR count). The Kier molecular flexibility index (Phi) is 7.92. The van der Waals surface area contributed by atoms with Gasteiger partial charge in [0, 0.05) is 6.04 Å². The van der Waals surface area contributed by atoms with E-state index < -0.39 is 20.6 Å². The highest BCUT2D eigenvalue weighted by Gasteiger charge is 2.44. The molecule has 1 aliphatic heterocycles. The first-order chi connectivity index (χ1) is 9.64. The first-order valence-corrected chi connectivity index (χ1v) is 11.1. The van der Waals surface area contributed by atoms with Crippen molar-refractivity contribution in [2.45, 2.75) is 50.0 Å². The number of nitrogens with one attached hydrogen (secondary N) is 1. The zero-order valence-electron chi connectivity index (χ0n) is 11.8. The molecule has 0 aromatic carbocycles. The van der Waals surface area contributed by atoms with Crippen molar-refractivity contribution >= 4 is 27.8 Å². The molecule has 0 aromatic rings. The van der Waals surface area contributed by atoms with E-state index >= 15 is 0 Å². The Hall–Kier alpha value is 0.610. The van der Waals surface area contributed by atoms with Crippen LogP contribution in [0, 0.1) is 5.92 Å². The molecular weight excluding hydrogens is 336 g/mol. The minimum atomic E-state index is -4.81. The normalized spacial score (nSPS) is 24.5. The van der Waals surface area contributed by atoms with Gasteiger partial charge in [-0.3, -0.25) is 9.13 Å². The summed E-state index contributed by atoms with van der Waals surface area (Å²) in [5, 5.41) is 1.27. The van der Waals surface area contributed by atoms with Crippen molar-refractivity contribution in [2.24, 2.45) is 5.92 Å². The average Bonchev–Trinajstić information content (AvgIpc) is 2.35. The summed E-state index contributed by atoms with van der Waals surface area (Å²) in [7, 11) is -9.63. The highest BCUT2D eigenvalue weighted by atomic mass is 32.1. The number of thiol groups is 1. The first kappa shape index (κ1) is 19.7. The number of unbranched alkanes of at least 4 members (excludes halogenated alkanes) is 1. The van der Waals surface area contributed by atoms with Crippen molar-refractivity contribution in [3.63, 3.8) is 0 Å². The minimum absolute atomic E-state index is 0.197. The van der Waals surface area contributed by atoms with Crippen LogP contribution in [0.3, 0.4) is 0 Å². The summed E-state index contributed by atoms with van der Waals surface area (Å²) in [4.78, 5) is 36.5. The van der Waals surface area contributed by atoms with Gasteiger partial charge in [-0.05, 0) is 50.3 Å². The topological polar surface area (TPSA) is 127 Å². The van der Waals surface area contributed by atoms with Crippen molar-refractivity contribution in [3.8, 4) is 0 Å². The monoisotopic (exact) mass is 361 g/mol. The quantitative estimate of drug-likeness (QED) is 0.220. The second-order valence-electron chi connectivity index (χ2n) is 5.66. The van der Waals surface area contributed by atoms with Gasteiger partial charge < -0.3 is 24.9 Å². The molecule has 0 saturated carbocycles. The molecule has 1 fully saturated rings. The molecule has 2 unspecified atom stereocenters. The van der Waals surface area contributed by atoms with E-state index in [1.54, 1.807) is 0 Å². The van der Waals surface area contributed by atoms with E-state index in [2.05, 4.69) is 17.9 Å². The highest BCUT2D eigenvalue weighted by molar-refractivity contribution is 7.80. The highest BCUT2D eigenvalue weighted by Crippen LogP contribution is 2.61. The van der Waals surface area contributed by atoms with E-state index in [0.717, 1.165) is 38.0 Å². The lowest BCUT2D eigenvalue weighted by atomic mass is 9.90. The molecule has 1 aliphatic rings. The number of rotatable bonds is 8. The van der Waals surface area contributed by atoms with Crippen LogP contribution in [-0.2, 0) is 9.13 Å². The SMILES string of the molecule is O=P(O)(O)C(CC1CCC(CCCCS)CN1)P(=O)(O)O.